The Bertz CT molecular complexity index is 358. The van der Waals surface area contributed by atoms with E-state index in [2.05, 4.69) is 49.1 Å². The normalized spacial score (nSPS) is 13.7. The first kappa shape index (κ1) is 17.1. The fourth-order valence-electron chi connectivity index (χ4n) is 3.42. The summed E-state index contributed by atoms with van der Waals surface area (Å²) in [4.78, 5) is 6.74. The topological polar surface area (TPSA) is 54.2 Å². The Morgan fingerprint density at radius 1 is 1.25 bits per heavy atom. The summed E-state index contributed by atoms with van der Waals surface area (Å²) >= 11 is 0. The molecule has 0 spiro atoms. The van der Waals surface area contributed by atoms with Gasteiger partial charge < -0.3 is 0 Å². The van der Waals surface area contributed by atoms with Crippen molar-refractivity contribution in [2.45, 2.75) is 58.5 Å². The molecule has 1 heterocycles. The largest absolute Gasteiger partial charge is 0.297 e. The zero-order chi connectivity index (χ0) is 15.0. The predicted molar refractivity (Wildman–Crippen MR) is 85.3 cm³/mol. The van der Waals surface area contributed by atoms with Crippen molar-refractivity contribution in [2.24, 2.45) is 5.84 Å². The maximum absolute atomic E-state index is 5.91. The summed E-state index contributed by atoms with van der Waals surface area (Å²) in [5, 5.41) is 0. The van der Waals surface area contributed by atoms with Gasteiger partial charge in [-0.2, -0.15) is 0 Å². The van der Waals surface area contributed by atoms with E-state index in [1.54, 1.807) is 0 Å². The number of hydrogen-bond donors (Lipinski definition) is 2. The molecule has 0 saturated carbocycles. The Labute approximate surface area is 123 Å². The fraction of sp³-hybridized carbons (Fsp3) is 0.688. The van der Waals surface area contributed by atoms with E-state index >= 15 is 0 Å². The highest BCUT2D eigenvalue weighted by Gasteiger charge is 2.39. The SMILES string of the molecule is CCN(CC)C(CC)(CC)C(Cc1cccnc1)NN. The van der Waals surface area contributed by atoms with Crippen molar-refractivity contribution in [1.82, 2.24) is 15.3 Å². The third-order valence-corrected chi connectivity index (χ3v) is 4.63. The van der Waals surface area contributed by atoms with Crippen LogP contribution in [0.3, 0.4) is 0 Å². The highest BCUT2D eigenvalue weighted by atomic mass is 15.3. The molecule has 0 saturated heterocycles. The van der Waals surface area contributed by atoms with Gasteiger partial charge in [0, 0.05) is 24.0 Å². The van der Waals surface area contributed by atoms with Crippen molar-refractivity contribution < 1.29 is 0 Å². The Kier molecular flexibility index (Phi) is 7.13. The van der Waals surface area contributed by atoms with E-state index in [-0.39, 0.29) is 11.6 Å². The van der Waals surface area contributed by atoms with Gasteiger partial charge in [0.1, 0.15) is 0 Å². The summed E-state index contributed by atoms with van der Waals surface area (Å²) in [5.41, 5.74) is 4.39. The Hall–Kier alpha value is -0.970. The van der Waals surface area contributed by atoms with E-state index in [4.69, 9.17) is 5.84 Å². The van der Waals surface area contributed by atoms with Gasteiger partial charge in [0.15, 0.2) is 0 Å². The molecule has 1 unspecified atom stereocenters. The first-order valence-corrected chi connectivity index (χ1v) is 7.78. The maximum atomic E-state index is 5.91. The Morgan fingerprint density at radius 3 is 2.30 bits per heavy atom. The highest BCUT2D eigenvalue weighted by Crippen LogP contribution is 2.29. The maximum Gasteiger partial charge on any atom is 0.0435 e. The molecule has 0 amide bonds. The van der Waals surface area contributed by atoms with Crippen molar-refractivity contribution in [3.63, 3.8) is 0 Å². The van der Waals surface area contributed by atoms with Gasteiger partial charge in [-0.3, -0.25) is 21.2 Å². The van der Waals surface area contributed by atoms with Crippen LogP contribution in [0.1, 0.15) is 46.1 Å². The predicted octanol–water partition coefficient (Wildman–Crippen LogP) is 2.36. The van der Waals surface area contributed by atoms with Crippen LogP contribution in [-0.4, -0.2) is 34.6 Å². The van der Waals surface area contributed by atoms with Gasteiger partial charge in [-0.25, -0.2) is 0 Å². The van der Waals surface area contributed by atoms with E-state index in [1.807, 2.05) is 18.5 Å². The lowest BCUT2D eigenvalue weighted by atomic mass is 9.80. The van der Waals surface area contributed by atoms with Gasteiger partial charge >= 0.3 is 0 Å². The van der Waals surface area contributed by atoms with Crippen LogP contribution < -0.4 is 11.3 Å². The van der Waals surface area contributed by atoms with Gasteiger partial charge in [0.25, 0.3) is 0 Å². The van der Waals surface area contributed by atoms with Gasteiger partial charge in [-0.1, -0.05) is 33.8 Å². The Balaban J connectivity index is 3.02. The molecule has 4 nitrogen and oxygen atoms in total. The molecular formula is C16H30N4. The molecule has 3 N–H and O–H groups in total. The molecule has 0 aromatic carbocycles. The van der Waals surface area contributed by atoms with Crippen LogP contribution in [0.5, 0.6) is 0 Å². The minimum absolute atomic E-state index is 0.0914. The molecule has 4 heteroatoms. The molecule has 0 aliphatic carbocycles. The third kappa shape index (κ3) is 3.57. The molecule has 20 heavy (non-hydrogen) atoms. The number of pyridine rings is 1. The number of likely N-dealkylation sites (N-methyl/N-ethyl adjacent to an activating group) is 1. The highest BCUT2D eigenvalue weighted by molar-refractivity contribution is 5.13. The summed E-state index contributed by atoms with van der Waals surface area (Å²) < 4.78 is 0. The molecule has 0 radical (unpaired) electrons. The van der Waals surface area contributed by atoms with Gasteiger partial charge in [-0.05, 0) is 44.0 Å². The second kappa shape index (κ2) is 8.35. The lowest BCUT2D eigenvalue weighted by Gasteiger charge is -2.47. The molecule has 1 aromatic heterocycles. The molecule has 114 valence electrons. The first-order valence-electron chi connectivity index (χ1n) is 7.78. The zero-order valence-electron chi connectivity index (χ0n) is 13.4. The standard InChI is InChI=1S/C16H30N4/c1-5-16(6-2,20(7-3)8-4)15(19-17)12-14-10-9-11-18-13-14/h9-11,13,15,19H,5-8,12,17H2,1-4H3. The smallest absolute Gasteiger partial charge is 0.0435 e. The first-order chi connectivity index (χ1) is 9.68. The second-order valence-electron chi connectivity index (χ2n) is 5.27. The lowest BCUT2D eigenvalue weighted by molar-refractivity contribution is 0.0492. The van der Waals surface area contributed by atoms with Crippen LogP contribution in [0.25, 0.3) is 0 Å². The molecule has 1 rings (SSSR count). The molecule has 1 atom stereocenters. The van der Waals surface area contributed by atoms with Crippen molar-refractivity contribution >= 4 is 0 Å². The van der Waals surface area contributed by atoms with Crippen molar-refractivity contribution in [3.8, 4) is 0 Å². The molecule has 0 aliphatic rings. The summed E-state index contributed by atoms with van der Waals surface area (Å²) in [6, 6.07) is 4.33. The number of hydrogen-bond acceptors (Lipinski definition) is 4. The Morgan fingerprint density at radius 2 is 1.90 bits per heavy atom. The second-order valence-corrected chi connectivity index (χ2v) is 5.27. The number of rotatable bonds is 9. The molecule has 1 aromatic rings. The van der Waals surface area contributed by atoms with Crippen LogP contribution in [0.2, 0.25) is 0 Å². The van der Waals surface area contributed by atoms with Crippen molar-refractivity contribution in [2.75, 3.05) is 13.1 Å². The number of hydrazine groups is 1. The monoisotopic (exact) mass is 278 g/mol. The molecule has 0 fully saturated rings. The van der Waals surface area contributed by atoms with E-state index in [0.29, 0.717) is 0 Å². The lowest BCUT2D eigenvalue weighted by Crippen LogP contribution is -2.63. The number of aromatic nitrogens is 1. The van der Waals surface area contributed by atoms with Crippen LogP contribution in [0.4, 0.5) is 0 Å². The fourth-order valence-corrected chi connectivity index (χ4v) is 3.42. The summed E-state index contributed by atoms with van der Waals surface area (Å²) in [6.45, 7) is 11.1. The minimum Gasteiger partial charge on any atom is -0.297 e. The number of nitrogens with zero attached hydrogens (tertiary/aromatic N) is 2. The van der Waals surface area contributed by atoms with Crippen LogP contribution in [-0.2, 0) is 6.42 Å². The van der Waals surface area contributed by atoms with Crippen molar-refractivity contribution in [3.05, 3.63) is 30.1 Å². The van der Waals surface area contributed by atoms with Crippen LogP contribution >= 0.6 is 0 Å². The van der Waals surface area contributed by atoms with Gasteiger partial charge in [0.05, 0.1) is 0 Å². The molecule has 0 bridgehead atoms. The number of nitrogens with two attached hydrogens (primary N) is 1. The van der Waals surface area contributed by atoms with Crippen molar-refractivity contribution in [1.29, 1.82) is 0 Å². The van der Waals surface area contributed by atoms with E-state index < -0.39 is 0 Å². The van der Waals surface area contributed by atoms with Gasteiger partial charge in [0.2, 0.25) is 0 Å². The zero-order valence-corrected chi connectivity index (χ0v) is 13.4. The average molecular weight is 278 g/mol. The summed E-state index contributed by atoms with van der Waals surface area (Å²) in [6.07, 6.45) is 6.82. The third-order valence-electron chi connectivity index (χ3n) is 4.63. The summed E-state index contributed by atoms with van der Waals surface area (Å²) in [7, 11) is 0. The molecule has 0 aliphatic heterocycles. The van der Waals surface area contributed by atoms with E-state index in [9.17, 15) is 0 Å². The average Bonchev–Trinajstić information content (AvgIpc) is 2.51. The van der Waals surface area contributed by atoms with E-state index in [0.717, 1.165) is 32.4 Å². The van der Waals surface area contributed by atoms with Crippen LogP contribution in [0, 0.1) is 0 Å². The summed E-state index contributed by atoms with van der Waals surface area (Å²) in [5.74, 6) is 5.91. The van der Waals surface area contributed by atoms with E-state index in [1.165, 1.54) is 5.56 Å². The van der Waals surface area contributed by atoms with Crippen LogP contribution in [0.15, 0.2) is 24.5 Å². The quantitative estimate of drug-likeness (QED) is 0.538. The van der Waals surface area contributed by atoms with Gasteiger partial charge in [-0.15, -0.1) is 0 Å². The minimum atomic E-state index is 0.0914. The number of nitrogens with one attached hydrogen (secondary N) is 1. The molecular weight excluding hydrogens is 248 g/mol.